The highest BCUT2D eigenvalue weighted by Crippen LogP contribution is 2.25. The number of nitrogens with zero attached hydrogens (tertiary/aromatic N) is 2. The first-order valence-corrected chi connectivity index (χ1v) is 7.88. The molecule has 0 saturated heterocycles. The zero-order valence-electron chi connectivity index (χ0n) is 14.1. The molecule has 1 heterocycles. The Labute approximate surface area is 140 Å². The van der Waals surface area contributed by atoms with Crippen LogP contribution in [0.25, 0.3) is 0 Å². The summed E-state index contributed by atoms with van der Waals surface area (Å²) in [4.78, 5) is 24.4. The predicted octanol–water partition coefficient (Wildman–Crippen LogP) is 2.12. The van der Waals surface area contributed by atoms with E-state index in [4.69, 9.17) is 10.5 Å². The highest BCUT2D eigenvalue weighted by Gasteiger charge is 2.23. The van der Waals surface area contributed by atoms with Crippen LogP contribution in [0.3, 0.4) is 0 Å². The number of carbonyl (C=O) groups is 2. The van der Waals surface area contributed by atoms with Gasteiger partial charge in [0.2, 0.25) is 0 Å². The lowest BCUT2D eigenvalue weighted by Crippen LogP contribution is -2.21. The Morgan fingerprint density at radius 3 is 2.62 bits per heavy atom. The lowest BCUT2D eigenvalue weighted by Gasteiger charge is -2.11. The second-order valence-electron chi connectivity index (χ2n) is 5.29. The van der Waals surface area contributed by atoms with Crippen LogP contribution in [0.15, 0.2) is 24.3 Å². The van der Waals surface area contributed by atoms with Crippen molar-refractivity contribution in [2.75, 3.05) is 11.9 Å². The average molecular weight is 330 g/mol. The van der Waals surface area contributed by atoms with Crippen molar-refractivity contribution in [3.63, 3.8) is 0 Å². The molecule has 2 rings (SSSR count). The van der Waals surface area contributed by atoms with Crippen molar-refractivity contribution in [1.82, 2.24) is 9.78 Å². The molecule has 1 aromatic carbocycles. The second-order valence-corrected chi connectivity index (χ2v) is 5.29. The molecule has 7 heteroatoms. The first kappa shape index (κ1) is 17.5. The number of anilines is 1. The molecule has 7 nitrogen and oxygen atoms in total. The van der Waals surface area contributed by atoms with Crippen LogP contribution in [-0.4, -0.2) is 28.2 Å². The molecule has 0 atom stereocenters. The van der Waals surface area contributed by atoms with Gasteiger partial charge in [-0.3, -0.25) is 14.3 Å². The minimum absolute atomic E-state index is 0.181. The van der Waals surface area contributed by atoms with E-state index in [0.29, 0.717) is 35.7 Å². The standard InChI is InChI=1S/C17H22N4O3/c1-4-8-12-14(15(16(18)22)21(3)20-12)19-17(23)11-9-6-7-10-13(11)24-5-2/h6-7,9-10H,4-5,8H2,1-3H3,(H2,18,22)(H,19,23). The van der Waals surface area contributed by atoms with E-state index in [1.54, 1.807) is 31.3 Å². The first-order valence-electron chi connectivity index (χ1n) is 7.88. The van der Waals surface area contributed by atoms with E-state index in [-0.39, 0.29) is 11.6 Å². The number of benzene rings is 1. The molecule has 24 heavy (non-hydrogen) atoms. The van der Waals surface area contributed by atoms with E-state index < -0.39 is 5.91 Å². The third-order valence-electron chi connectivity index (χ3n) is 3.51. The van der Waals surface area contributed by atoms with E-state index in [0.717, 1.165) is 6.42 Å². The van der Waals surface area contributed by atoms with Crippen LogP contribution in [0.2, 0.25) is 0 Å². The average Bonchev–Trinajstić information content (AvgIpc) is 2.84. The number of ether oxygens (including phenoxy) is 1. The molecule has 0 spiro atoms. The summed E-state index contributed by atoms with van der Waals surface area (Å²) >= 11 is 0. The fraction of sp³-hybridized carbons (Fsp3) is 0.353. The largest absolute Gasteiger partial charge is 0.493 e. The molecule has 0 fully saturated rings. The van der Waals surface area contributed by atoms with Crippen LogP contribution in [0.1, 0.15) is 46.8 Å². The van der Waals surface area contributed by atoms with Crippen LogP contribution in [0.5, 0.6) is 5.75 Å². The van der Waals surface area contributed by atoms with E-state index in [2.05, 4.69) is 10.4 Å². The van der Waals surface area contributed by atoms with Gasteiger partial charge in [-0.05, 0) is 25.5 Å². The van der Waals surface area contributed by atoms with Crippen molar-refractivity contribution >= 4 is 17.5 Å². The van der Waals surface area contributed by atoms with E-state index in [1.165, 1.54) is 4.68 Å². The van der Waals surface area contributed by atoms with Gasteiger partial charge in [0.05, 0.1) is 23.6 Å². The van der Waals surface area contributed by atoms with Gasteiger partial charge in [-0.15, -0.1) is 0 Å². The van der Waals surface area contributed by atoms with Crippen molar-refractivity contribution in [2.24, 2.45) is 12.8 Å². The van der Waals surface area contributed by atoms with Gasteiger partial charge in [0.1, 0.15) is 11.4 Å². The molecular weight excluding hydrogens is 308 g/mol. The van der Waals surface area contributed by atoms with Crippen LogP contribution in [0, 0.1) is 0 Å². The quantitative estimate of drug-likeness (QED) is 0.812. The lowest BCUT2D eigenvalue weighted by atomic mass is 10.1. The molecule has 3 N–H and O–H groups in total. The summed E-state index contributed by atoms with van der Waals surface area (Å²) in [7, 11) is 1.63. The summed E-state index contributed by atoms with van der Waals surface area (Å²) in [6, 6.07) is 6.94. The van der Waals surface area contributed by atoms with E-state index in [9.17, 15) is 9.59 Å². The third kappa shape index (κ3) is 3.56. The summed E-state index contributed by atoms with van der Waals surface area (Å²) < 4.78 is 6.88. The Kier molecular flexibility index (Phi) is 5.57. The molecule has 0 saturated carbocycles. The summed E-state index contributed by atoms with van der Waals surface area (Å²) in [5.41, 5.74) is 7.01. The molecule has 0 aliphatic heterocycles. The number of primary amides is 1. The maximum atomic E-state index is 12.7. The number of nitrogens with two attached hydrogens (primary N) is 1. The minimum atomic E-state index is -0.638. The normalized spacial score (nSPS) is 10.5. The highest BCUT2D eigenvalue weighted by atomic mass is 16.5. The van der Waals surface area contributed by atoms with Gasteiger partial charge in [0.25, 0.3) is 11.8 Å². The van der Waals surface area contributed by atoms with Gasteiger partial charge >= 0.3 is 0 Å². The Bertz CT molecular complexity index is 752. The van der Waals surface area contributed by atoms with Crippen molar-refractivity contribution < 1.29 is 14.3 Å². The molecule has 0 aliphatic carbocycles. The van der Waals surface area contributed by atoms with Crippen molar-refractivity contribution in [2.45, 2.75) is 26.7 Å². The molecule has 0 radical (unpaired) electrons. The molecule has 1 aromatic heterocycles. The highest BCUT2D eigenvalue weighted by molar-refractivity contribution is 6.09. The summed E-state index contributed by atoms with van der Waals surface area (Å²) in [6.07, 6.45) is 1.46. The fourth-order valence-electron chi connectivity index (χ4n) is 2.52. The van der Waals surface area contributed by atoms with Crippen molar-refractivity contribution in [3.8, 4) is 5.75 Å². The van der Waals surface area contributed by atoms with Gasteiger partial charge in [0, 0.05) is 7.05 Å². The minimum Gasteiger partial charge on any atom is -0.493 e. The monoisotopic (exact) mass is 330 g/mol. The van der Waals surface area contributed by atoms with Crippen LogP contribution in [-0.2, 0) is 13.5 Å². The fourth-order valence-corrected chi connectivity index (χ4v) is 2.52. The van der Waals surface area contributed by atoms with E-state index >= 15 is 0 Å². The number of aryl methyl sites for hydroxylation is 2. The Hall–Kier alpha value is -2.83. The molecule has 0 unspecified atom stereocenters. The van der Waals surface area contributed by atoms with Gasteiger partial charge in [0.15, 0.2) is 0 Å². The molecule has 0 bridgehead atoms. The molecule has 2 aromatic rings. The van der Waals surface area contributed by atoms with Crippen molar-refractivity contribution in [1.29, 1.82) is 0 Å². The Balaban J connectivity index is 2.40. The zero-order chi connectivity index (χ0) is 17.7. The lowest BCUT2D eigenvalue weighted by molar-refractivity contribution is 0.0992. The Morgan fingerprint density at radius 2 is 2.00 bits per heavy atom. The number of rotatable bonds is 7. The SMILES string of the molecule is CCCc1nn(C)c(C(N)=O)c1NC(=O)c1ccccc1OCC. The van der Waals surface area contributed by atoms with Crippen LogP contribution >= 0.6 is 0 Å². The maximum Gasteiger partial charge on any atom is 0.269 e. The number of hydrogen-bond acceptors (Lipinski definition) is 4. The smallest absolute Gasteiger partial charge is 0.269 e. The number of carbonyl (C=O) groups excluding carboxylic acids is 2. The number of hydrogen-bond donors (Lipinski definition) is 2. The predicted molar refractivity (Wildman–Crippen MR) is 91.3 cm³/mol. The molecule has 128 valence electrons. The van der Waals surface area contributed by atoms with Crippen LogP contribution in [0.4, 0.5) is 5.69 Å². The number of aromatic nitrogens is 2. The summed E-state index contributed by atoms with van der Waals surface area (Å²) in [6.45, 7) is 4.29. The summed E-state index contributed by atoms with van der Waals surface area (Å²) in [5, 5.41) is 7.08. The van der Waals surface area contributed by atoms with Gasteiger partial charge in [-0.2, -0.15) is 5.10 Å². The number of amides is 2. The van der Waals surface area contributed by atoms with Crippen LogP contribution < -0.4 is 15.8 Å². The van der Waals surface area contributed by atoms with E-state index in [1.807, 2.05) is 13.8 Å². The maximum absolute atomic E-state index is 12.7. The van der Waals surface area contributed by atoms with Gasteiger partial charge in [-0.25, -0.2) is 0 Å². The molecular formula is C17H22N4O3. The Morgan fingerprint density at radius 1 is 1.29 bits per heavy atom. The van der Waals surface area contributed by atoms with Gasteiger partial charge in [-0.1, -0.05) is 25.5 Å². The third-order valence-corrected chi connectivity index (χ3v) is 3.51. The topological polar surface area (TPSA) is 99.2 Å². The first-order chi connectivity index (χ1) is 11.5. The molecule has 0 aliphatic rings. The number of para-hydroxylation sites is 1. The molecule has 2 amide bonds. The number of nitrogens with one attached hydrogen (secondary N) is 1. The van der Waals surface area contributed by atoms with Gasteiger partial charge < -0.3 is 15.8 Å². The summed E-state index contributed by atoms with van der Waals surface area (Å²) in [5.74, 6) is -0.522. The van der Waals surface area contributed by atoms with Crippen molar-refractivity contribution in [3.05, 3.63) is 41.2 Å². The second kappa shape index (κ2) is 7.63. The zero-order valence-corrected chi connectivity index (χ0v) is 14.1.